The molecule has 3 aliphatic rings. The smallest absolute Gasteiger partial charge is 0.321 e. The first kappa shape index (κ1) is 35.3. The monoisotopic (exact) mass is 671 g/mol. The number of carbonyl (C=O) groups excluding carboxylic acids is 4. The summed E-state index contributed by atoms with van der Waals surface area (Å²) in [5.41, 5.74) is 2.23. The number of benzene rings is 1. The molecule has 5 rings (SSSR count). The SMILES string of the molecule is CC1NC(=O)[C@@H]2CCCN(N2)C(=O)[C@H](C)NC(=O)[C@H](C(C)(C)C)OC(=O)C2(/C=C/c3ccc4ccc1nc4c3)COC(CF)(CF)OC2. The number of fused-ring (bicyclic) bond motifs is 4. The second-order valence-electron chi connectivity index (χ2n) is 13.9. The normalized spacial score (nSPS) is 27.7. The summed E-state index contributed by atoms with van der Waals surface area (Å²) in [5.74, 6) is -4.57. The van der Waals surface area contributed by atoms with Gasteiger partial charge in [-0.1, -0.05) is 51.1 Å². The second kappa shape index (κ2) is 13.8. The lowest BCUT2D eigenvalue weighted by molar-refractivity contribution is -0.305. The van der Waals surface area contributed by atoms with Gasteiger partial charge in [0.05, 0.1) is 30.5 Å². The Morgan fingerprint density at radius 3 is 2.29 bits per heavy atom. The van der Waals surface area contributed by atoms with Crippen LogP contribution in [0.4, 0.5) is 8.78 Å². The van der Waals surface area contributed by atoms with Gasteiger partial charge in [-0.15, -0.1) is 0 Å². The van der Waals surface area contributed by atoms with E-state index in [1.807, 2.05) is 31.2 Å². The Labute approximate surface area is 277 Å². The van der Waals surface area contributed by atoms with Crippen LogP contribution in [0.25, 0.3) is 17.0 Å². The number of cyclic esters (lactones) is 1. The van der Waals surface area contributed by atoms with Gasteiger partial charge in [0.15, 0.2) is 6.10 Å². The van der Waals surface area contributed by atoms with Crippen LogP contribution in [-0.2, 0) is 33.4 Å². The van der Waals surface area contributed by atoms with Gasteiger partial charge < -0.3 is 24.8 Å². The average Bonchev–Trinajstić information content (AvgIpc) is 3.08. The molecule has 14 heteroatoms. The zero-order valence-electron chi connectivity index (χ0n) is 27.8. The van der Waals surface area contributed by atoms with Crippen LogP contribution in [0.5, 0.6) is 0 Å². The van der Waals surface area contributed by atoms with Crippen molar-refractivity contribution in [3.8, 4) is 0 Å². The van der Waals surface area contributed by atoms with Crippen LogP contribution in [0.1, 0.15) is 64.8 Å². The van der Waals surface area contributed by atoms with Gasteiger partial charge in [0, 0.05) is 17.3 Å². The molecule has 2 aromatic rings. The van der Waals surface area contributed by atoms with Crippen molar-refractivity contribution in [3.05, 3.63) is 47.7 Å². The number of rotatable bonds is 2. The van der Waals surface area contributed by atoms with E-state index in [4.69, 9.17) is 19.2 Å². The summed E-state index contributed by atoms with van der Waals surface area (Å²) in [7, 11) is 0. The number of halogens is 2. The molecule has 3 amide bonds. The molecule has 4 atom stereocenters. The van der Waals surface area contributed by atoms with Gasteiger partial charge in [0.2, 0.25) is 11.7 Å². The lowest BCUT2D eigenvalue weighted by atomic mass is 9.85. The lowest BCUT2D eigenvalue weighted by Gasteiger charge is -2.42. The van der Waals surface area contributed by atoms with Gasteiger partial charge in [0.1, 0.15) is 30.8 Å². The van der Waals surface area contributed by atoms with Crippen molar-refractivity contribution in [1.82, 2.24) is 26.1 Å². The van der Waals surface area contributed by atoms with E-state index in [1.54, 1.807) is 32.9 Å². The summed E-state index contributed by atoms with van der Waals surface area (Å²) in [6, 6.07) is 6.96. The Morgan fingerprint density at radius 2 is 1.62 bits per heavy atom. The van der Waals surface area contributed by atoms with Crippen molar-refractivity contribution >= 4 is 40.7 Å². The Balaban J connectivity index is 1.56. The lowest BCUT2D eigenvalue weighted by Crippen LogP contribution is -2.61. The van der Waals surface area contributed by atoms with Crippen molar-refractivity contribution in [2.75, 3.05) is 33.1 Å². The number of ether oxygens (including phenoxy) is 3. The number of amides is 3. The molecule has 1 aromatic heterocycles. The number of alkyl halides is 2. The largest absolute Gasteiger partial charge is 0.451 e. The summed E-state index contributed by atoms with van der Waals surface area (Å²) >= 11 is 0. The number of pyridine rings is 1. The van der Waals surface area contributed by atoms with E-state index >= 15 is 0 Å². The topological polar surface area (TPSA) is 148 Å². The number of esters is 1. The van der Waals surface area contributed by atoms with Crippen LogP contribution in [0, 0.1) is 10.8 Å². The minimum Gasteiger partial charge on any atom is -0.451 e. The maximum atomic E-state index is 14.0. The van der Waals surface area contributed by atoms with E-state index in [0.29, 0.717) is 36.2 Å². The maximum Gasteiger partial charge on any atom is 0.321 e. The fourth-order valence-corrected chi connectivity index (χ4v) is 5.78. The Bertz CT molecular complexity index is 1580. The number of hydrogen-bond acceptors (Lipinski definition) is 9. The number of hydrazine groups is 1. The molecule has 0 aliphatic carbocycles. The quantitative estimate of drug-likeness (QED) is 0.410. The third kappa shape index (κ3) is 7.35. The van der Waals surface area contributed by atoms with E-state index in [9.17, 15) is 28.0 Å². The van der Waals surface area contributed by atoms with Gasteiger partial charge in [-0.3, -0.25) is 29.2 Å². The highest BCUT2D eigenvalue weighted by Crippen LogP contribution is 2.36. The van der Waals surface area contributed by atoms with Crippen molar-refractivity contribution in [3.63, 3.8) is 0 Å². The molecule has 2 saturated heterocycles. The first-order valence-electron chi connectivity index (χ1n) is 16.1. The zero-order chi connectivity index (χ0) is 34.9. The Hall–Kier alpha value is -4.01. The fraction of sp³-hybridized carbons (Fsp3) is 0.559. The van der Waals surface area contributed by atoms with Crippen LogP contribution in [0.3, 0.4) is 0 Å². The molecular formula is C34H43F2N5O7. The minimum atomic E-state index is -2.16. The van der Waals surface area contributed by atoms with E-state index in [1.165, 1.54) is 18.0 Å². The highest BCUT2D eigenvalue weighted by Gasteiger charge is 2.51. The molecule has 260 valence electrons. The van der Waals surface area contributed by atoms with Crippen LogP contribution < -0.4 is 16.1 Å². The molecule has 3 aliphatic heterocycles. The molecule has 12 nitrogen and oxygen atoms in total. The summed E-state index contributed by atoms with van der Waals surface area (Å²) in [4.78, 5) is 59.2. The Morgan fingerprint density at radius 1 is 0.958 bits per heavy atom. The third-order valence-electron chi connectivity index (χ3n) is 8.88. The van der Waals surface area contributed by atoms with Crippen molar-refractivity contribution in [1.29, 1.82) is 0 Å². The van der Waals surface area contributed by atoms with Gasteiger partial charge in [0.25, 0.3) is 11.8 Å². The van der Waals surface area contributed by atoms with Crippen molar-refractivity contribution in [2.45, 2.75) is 77.5 Å². The number of hydrogen-bond donors (Lipinski definition) is 3. The van der Waals surface area contributed by atoms with E-state index in [-0.39, 0.29) is 5.91 Å². The molecule has 48 heavy (non-hydrogen) atoms. The highest BCUT2D eigenvalue weighted by molar-refractivity contribution is 5.92. The summed E-state index contributed by atoms with van der Waals surface area (Å²) in [6.07, 6.45) is 2.77. The maximum absolute atomic E-state index is 14.0. The standard InChI is InChI=1S/C34H43F2N5O7/c1-20-24-11-10-23-9-8-22(15-26(23)39-24)12-13-33(18-46-34(16-35,17-36)47-19-33)31(45)48-27(32(3,4)5)29(43)38-21(2)30(44)41-14-6-7-25(40-41)28(42)37-20/h8-13,15,20-21,25,27,40H,6-7,14,16-19H2,1-5H3,(H,37,42)(H,38,43)/b13-12+/t20?,21-,25-,27+/m0/s1. The van der Waals surface area contributed by atoms with Crippen molar-refractivity contribution in [2.24, 2.45) is 10.8 Å². The molecule has 1 spiro atoms. The summed E-state index contributed by atoms with van der Waals surface area (Å²) < 4.78 is 44.4. The fourth-order valence-electron chi connectivity index (χ4n) is 5.78. The minimum absolute atomic E-state index is 0.298. The van der Waals surface area contributed by atoms with Crippen molar-refractivity contribution < 1.29 is 42.2 Å². The number of nitrogens with one attached hydrogen (secondary N) is 3. The van der Waals surface area contributed by atoms with E-state index < -0.39 is 85.2 Å². The summed E-state index contributed by atoms with van der Waals surface area (Å²) in [6.45, 7) is 5.18. The van der Waals surface area contributed by atoms with E-state index in [2.05, 4.69) is 16.1 Å². The predicted octanol–water partition coefficient (Wildman–Crippen LogP) is 3.07. The molecule has 0 saturated carbocycles. The molecular weight excluding hydrogens is 628 g/mol. The molecule has 4 heterocycles. The molecule has 1 unspecified atom stereocenters. The number of aromatic nitrogens is 1. The van der Waals surface area contributed by atoms with Gasteiger partial charge in [-0.2, -0.15) is 0 Å². The van der Waals surface area contributed by atoms with Crippen LogP contribution in [0.2, 0.25) is 0 Å². The number of carbonyl (C=O) groups is 4. The van der Waals surface area contributed by atoms with Gasteiger partial charge >= 0.3 is 5.97 Å². The molecule has 2 fully saturated rings. The molecule has 3 N–H and O–H groups in total. The summed E-state index contributed by atoms with van der Waals surface area (Å²) in [5, 5.41) is 7.78. The Kier molecular flexibility index (Phi) is 10.2. The first-order chi connectivity index (χ1) is 22.7. The third-order valence-corrected chi connectivity index (χ3v) is 8.88. The van der Waals surface area contributed by atoms with Gasteiger partial charge in [-0.05, 0) is 44.4 Å². The highest BCUT2D eigenvalue weighted by atomic mass is 19.1. The molecule has 5 bridgehead atoms. The van der Waals surface area contributed by atoms with E-state index in [0.717, 1.165) is 5.39 Å². The predicted molar refractivity (Wildman–Crippen MR) is 171 cm³/mol. The van der Waals surface area contributed by atoms with Crippen LogP contribution in [0.15, 0.2) is 36.4 Å². The van der Waals surface area contributed by atoms with Crippen LogP contribution >= 0.6 is 0 Å². The second-order valence-corrected chi connectivity index (χ2v) is 13.9. The molecule has 1 aromatic carbocycles. The van der Waals surface area contributed by atoms with Crippen LogP contribution in [-0.4, -0.2) is 90.8 Å². The average molecular weight is 672 g/mol. The zero-order valence-corrected chi connectivity index (χ0v) is 27.8. The number of nitrogens with zero attached hydrogens (tertiary/aromatic N) is 2. The first-order valence-corrected chi connectivity index (χ1v) is 16.1. The van der Waals surface area contributed by atoms with Gasteiger partial charge in [-0.25, -0.2) is 14.2 Å². The molecule has 0 radical (unpaired) electrons.